The molecular weight excluding hydrogens is 415 g/mol. The Balaban J connectivity index is 1.78. The monoisotopic (exact) mass is 435 g/mol. The molecule has 1 aromatic carbocycles. The summed E-state index contributed by atoms with van der Waals surface area (Å²) in [6, 6.07) is 4.22. The number of nitrogens with zero attached hydrogens (tertiary/aromatic N) is 3. The Hall–Kier alpha value is -2.93. The van der Waals surface area contributed by atoms with Crippen molar-refractivity contribution >= 4 is 23.4 Å². The molecule has 31 heavy (non-hydrogen) atoms. The van der Waals surface area contributed by atoms with Gasteiger partial charge in [-0.25, -0.2) is 4.90 Å². The predicted octanol–water partition coefficient (Wildman–Crippen LogP) is 2.34. The van der Waals surface area contributed by atoms with Crippen LogP contribution in [0.3, 0.4) is 0 Å². The average Bonchev–Trinajstić information content (AvgIpc) is 3.20. The molecule has 7 nitrogen and oxygen atoms in total. The van der Waals surface area contributed by atoms with E-state index < -0.39 is 58.1 Å². The summed E-state index contributed by atoms with van der Waals surface area (Å²) in [5, 5.41) is 8.99. The van der Waals surface area contributed by atoms with Crippen molar-refractivity contribution in [3.05, 3.63) is 29.3 Å². The second-order valence-corrected chi connectivity index (χ2v) is 8.89. The van der Waals surface area contributed by atoms with Crippen molar-refractivity contribution in [3.8, 4) is 6.07 Å². The quantitative estimate of drug-likeness (QED) is 0.665. The Bertz CT molecular complexity index is 1060. The van der Waals surface area contributed by atoms with E-state index in [-0.39, 0.29) is 18.0 Å². The van der Waals surface area contributed by atoms with Gasteiger partial charge in [-0.15, -0.1) is 0 Å². The van der Waals surface area contributed by atoms with Crippen molar-refractivity contribution in [1.82, 2.24) is 4.90 Å². The smallest absolute Gasteiger partial charge is 0.367 e. The average molecular weight is 435 g/mol. The number of nitriles is 1. The lowest BCUT2D eigenvalue weighted by molar-refractivity contribution is -0.143. The molecular formula is C21H20F3N3O4. The number of hydrogen-bond acceptors (Lipinski definition) is 5. The van der Waals surface area contributed by atoms with Gasteiger partial charge >= 0.3 is 6.18 Å². The highest BCUT2D eigenvalue weighted by molar-refractivity contribution is 6.23. The minimum Gasteiger partial charge on any atom is -0.367 e. The van der Waals surface area contributed by atoms with Crippen LogP contribution in [-0.2, 0) is 25.3 Å². The van der Waals surface area contributed by atoms with Gasteiger partial charge in [-0.1, -0.05) is 0 Å². The Morgan fingerprint density at radius 1 is 1.23 bits per heavy atom. The maximum absolute atomic E-state index is 13.4. The van der Waals surface area contributed by atoms with Gasteiger partial charge in [-0.05, 0) is 38.5 Å². The summed E-state index contributed by atoms with van der Waals surface area (Å²) in [6.45, 7) is 3.27. The van der Waals surface area contributed by atoms with Crippen molar-refractivity contribution < 1.29 is 32.3 Å². The van der Waals surface area contributed by atoms with Crippen LogP contribution in [0, 0.1) is 29.1 Å². The van der Waals surface area contributed by atoms with E-state index in [2.05, 4.69) is 0 Å². The highest BCUT2D eigenvalue weighted by atomic mass is 19.4. The molecule has 0 aliphatic carbocycles. The molecule has 2 bridgehead atoms. The molecule has 0 aromatic heterocycles. The van der Waals surface area contributed by atoms with Crippen molar-refractivity contribution in [2.45, 2.75) is 37.6 Å². The number of alkyl halides is 3. The zero-order chi connectivity index (χ0) is 23.1. The summed E-state index contributed by atoms with van der Waals surface area (Å²) in [5.74, 6) is -4.14. The van der Waals surface area contributed by atoms with Gasteiger partial charge in [-0.2, -0.15) is 18.4 Å². The Morgan fingerprint density at radius 2 is 1.84 bits per heavy atom. The maximum atomic E-state index is 13.4. The number of benzene rings is 1. The molecule has 3 saturated heterocycles. The molecule has 4 rings (SSSR count). The molecule has 5 atom stereocenters. The third kappa shape index (κ3) is 2.72. The third-order valence-corrected chi connectivity index (χ3v) is 6.76. The lowest BCUT2D eigenvalue weighted by Gasteiger charge is -2.35. The van der Waals surface area contributed by atoms with E-state index in [4.69, 9.17) is 10.00 Å². The van der Waals surface area contributed by atoms with Crippen molar-refractivity contribution in [2.24, 2.45) is 17.8 Å². The second kappa shape index (κ2) is 6.29. The predicted molar refractivity (Wildman–Crippen MR) is 100 cm³/mol. The fourth-order valence-corrected chi connectivity index (χ4v) is 5.46. The fourth-order valence-electron chi connectivity index (χ4n) is 5.46. The van der Waals surface area contributed by atoms with Gasteiger partial charge in [0.2, 0.25) is 17.7 Å². The summed E-state index contributed by atoms with van der Waals surface area (Å²) < 4.78 is 46.3. The number of hydrogen-bond donors (Lipinski definition) is 0. The van der Waals surface area contributed by atoms with Crippen LogP contribution in [0.4, 0.5) is 18.9 Å². The van der Waals surface area contributed by atoms with Crippen LogP contribution in [0.1, 0.15) is 31.4 Å². The zero-order valence-corrected chi connectivity index (χ0v) is 17.3. The summed E-state index contributed by atoms with van der Waals surface area (Å²) >= 11 is 0. The largest absolute Gasteiger partial charge is 0.417 e. The Morgan fingerprint density at radius 3 is 2.39 bits per heavy atom. The van der Waals surface area contributed by atoms with Gasteiger partial charge in [0.05, 0.1) is 51.8 Å². The van der Waals surface area contributed by atoms with Crippen LogP contribution in [-0.4, -0.2) is 47.9 Å². The SMILES string of the molecule is CN(C)C(=O)[C@@H]1CC2(C)OC1(C)[C@@H]1C(=O)N(c3ccc(C#N)c(C(F)(F)F)c3)C(=O)[C@@H]12. The lowest BCUT2D eigenvalue weighted by Crippen LogP contribution is -2.51. The Labute approximate surface area is 176 Å². The molecule has 3 aliphatic heterocycles. The summed E-state index contributed by atoms with van der Waals surface area (Å²) in [7, 11) is 3.17. The molecule has 1 aromatic rings. The van der Waals surface area contributed by atoms with Gasteiger partial charge in [0.25, 0.3) is 0 Å². The number of carbonyl (C=O) groups excluding carboxylic acids is 3. The number of rotatable bonds is 2. The van der Waals surface area contributed by atoms with Gasteiger partial charge < -0.3 is 9.64 Å². The van der Waals surface area contributed by atoms with Gasteiger partial charge in [0, 0.05) is 14.1 Å². The second-order valence-electron chi connectivity index (χ2n) is 8.89. The standard InChI is InChI=1S/C21H20F3N3O4/c1-19-8-13(16(28)26(3)4)20(2,31-19)15-14(19)17(29)27(18(15)30)11-6-5-10(9-25)12(7-11)21(22,23)24/h5-7,13-15H,8H2,1-4H3/t13-,14+,15-,19?,20?/m0/s1. The molecule has 2 unspecified atom stereocenters. The molecule has 10 heteroatoms. The summed E-state index contributed by atoms with van der Waals surface area (Å²) in [4.78, 5) is 41.4. The molecule has 0 radical (unpaired) electrons. The van der Waals surface area contributed by atoms with Crippen LogP contribution >= 0.6 is 0 Å². The first-order chi connectivity index (χ1) is 14.3. The molecule has 0 spiro atoms. The first-order valence-corrected chi connectivity index (χ1v) is 9.67. The van der Waals surface area contributed by atoms with Gasteiger partial charge in [0.1, 0.15) is 0 Å². The van der Waals surface area contributed by atoms with Crippen LogP contribution in [0.15, 0.2) is 18.2 Å². The summed E-state index contributed by atoms with van der Waals surface area (Å²) in [5.41, 5.74) is -4.41. The highest BCUT2D eigenvalue weighted by Gasteiger charge is 2.76. The normalized spacial score (nSPS) is 34.1. The molecule has 0 N–H and O–H groups in total. The number of fused-ring (bicyclic) bond motifs is 5. The van der Waals surface area contributed by atoms with Crippen molar-refractivity contribution in [2.75, 3.05) is 19.0 Å². The van der Waals surface area contributed by atoms with E-state index in [0.29, 0.717) is 6.07 Å². The number of anilines is 1. The van der Waals surface area contributed by atoms with E-state index in [9.17, 15) is 27.6 Å². The molecule has 0 saturated carbocycles. The fraction of sp³-hybridized carbons (Fsp3) is 0.524. The van der Waals surface area contributed by atoms with Gasteiger partial charge in [0.15, 0.2) is 0 Å². The lowest BCUT2D eigenvalue weighted by atomic mass is 9.63. The molecule has 3 heterocycles. The molecule has 164 valence electrons. The van der Waals surface area contributed by atoms with Crippen LogP contribution in [0.2, 0.25) is 0 Å². The van der Waals surface area contributed by atoms with Crippen LogP contribution in [0.25, 0.3) is 0 Å². The number of carbonyl (C=O) groups is 3. The van der Waals surface area contributed by atoms with E-state index in [1.807, 2.05) is 0 Å². The number of ether oxygens (including phenoxy) is 1. The number of imide groups is 1. The minimum absolute atomic E-state index is 0.232. The van der Waals surface area contributed by atoms with Crippen LogP contribution < -0.4 is 4.90 Å². The summed E-state index contributed by atoms with van der Waals surface area (Å²) in [6.07, 6.45) is -4.60. The van der Waals surface area contributed by atoms with Crippen molar-refractivity contribution in [3.63, 3.8) is 0 Å². The number of halogens is 3. The molecule has 3 aliphatic rings. The molecule has 3 amide bonds. The number of amides is 3. The molecule has 3 fully saturated rings. The maximum Gasteiger partial charge on any atom is 0.417 e. The van der Waals surface area contributed by atoms with Crippen LogP contribution in [0.5, 0.6) is 0 Å². The third-order valence-electron chi connectivity index (χ3n) is 6.76. The van der Waals surface area contributed by atoms with Crippen molar-refractivity contribution in [1.29, 1.82) is 5.26 Å². The Kier molecular flexibility index (Phi) is 4.33. The van der Waals surface area contributed by atoms with Gasteiger partial charge in [-0.3, -0.25) is 14.4 Å². The zero-order valence-electron chi connectivity index (χ0n) is 17.3. The van der Waals surface area contributed by atoms with E-state index >= 15 is 0 Å². The van der Waals surface area contributed by atoms with E-state index in [0.717, 1.165) is 17.0 Å². The topological polar surface area (TPSA) is 90.7 Å². The first kappa shape index (κ1) is 21.3. The van der Waals surface area contributed by atoms with E-state index in [1.54, 1.807) is 27.9 Å². The minimum atomic E-state index is -4.83. The highest BCUT2D eigenvalue weighted by Crippen LogP contribution is 2.63. The van der Waals surface area contributed by atoms with E-state index in [1.165, 1.54) is 11.0 Å². The first-order valence-electron chi connectivity index (χ1n) is 9.67.